The van der Waals surface area contributed by atoms with Crippen molar-refractivity contribution < 1.29 is 4.79 Å². The van der Waals surface area contributed by atoms with E-state index < -0.39 is 0 Å². The first-order valence-electron chi connectivity index (χ1n) is 5.90. The molecule has 16 heavy (non-hydrogen) atoms. The van der Waals surface area contributed by atoms with Crippen LogP contribution in [0.15, 0.2) is 10.5 Å². The molecule has 0 aliphatic rings. The largest absolute Gasteiger partial charge is 0.293 e. The molecule has 0 saturated heterocycles. The minimum absolute atomic E-state index is 0.213. The standard InChI is InChI=1S/C13H19BrOS/c1-4-6-7-10(5-2)13(15)12-8-11(14)9(3)16-12/h8,10H,4-7H2,1-3H3. The second kappa shape index (κ2) is 6.55. The van der Waals surface area contributed by atoms with Crippen molar-refractivity contribution in [1.29, 1.82) is 0 Å². The van der Waals surface area contributed by atoms with Crippen LogP contribution in [0.4, 0.5) is 0 Å². The van der Waals surface area contributed by atoms with Crippen LogP contribution >= 0.6 is 27.3 Å². The van der Waals surface area contributed by atoms with Gasteiger partial charge < -0.3 is 0 Å². The molecule has 0 saturated carbocycles. The molecule has 1 atom stereocenters. The number of carbonyl (C=O) groups excluding carboxylic acids is 1. The van der Waals surface area contributed by atoms with Crippen LogP contribution in [0.5, 0.6) is 0 Å². The Morgan fingerprint density at radius 2 is 2.19 bits per heavy atom. The van der Waals surface area contributed by atoms with Gasteiger partial charge in [-0.25, -0.2) is 0 Å². The predicted molar refractivity (Wildman–Crippen MR) is 74.4 cm³/mol. The van der Waals surface area contributed by atoms with E-state index in [9.17, 15) is 4.79 Å². The Morgan fingerprint density at radius 1 is 1.50 bits per heavy atom. The van der Waals surface area contributed by atoms with Crippen molar-refractivity contribution in [2.24, 2.45) is 5.92 Å². The van der Waals surface area contributed by atoms with Crippen LogP contribution in [0.1, 0.15) is 54.1 Å². The minimum Gasteiger partial charge on any atom is -0.293 e. The number of hydrogen-bond donors (Lipinski definition) is 0. The Hall–Kier alpha value is -0.150. The molecule has 0 bridgehead atoms. The zero-order chi connectivity index (χ0) is 12.1. The molecule has 0 aliphatic carbocycles. The number of aryl methyl sites for hydroxylation is 1. The molecular formula is C13H19BrOS. The van der Waals surface area contributed by atoms with Gasteiger partial charge in [-0.15, -0.1) is 11.3 Å². The number of halogens is 1. The van der Waals surface area contributed by atoms with Crippen LogP contribution in [0.25, 0.3) is 0 Å². The minimum atomic E-state index is 0.213. The predicted octanol–water partition coefficient (Wildman–Crippen LogP) is 5.22. The molecule has 0 spiro atoms. The molecule has 1 aromatic heterocycles. The summed E-state index contributed by atoms with van der Waals surface area (Å²) in [5, 5.41) is 0. The lowest BCUT2D eigenvalue weighted by Crippen LogP contribution is -2.12. The van der Waals surface area contributed by atoms with Crippen LogP contribution in [-0.2, 0) is 0 Å². The Balaban J connectivity index is 2.74. The maximum atomic E-state index is 12.2. The molecule has 0 amide bonds. The second-order valence-electron chi connectivity index (χ2n) is 4.13. The van der Waals surface area contributed by atoms with Gasteiger partial charge in [0.25, 0.3) is 0 Å². The van der Waals surface area contributed by atoms with Crippen LogP contribution in [0, 0.1) is 12.8 Å². The van der Waals surface area contributed by atoms with Crippen LogP contribution in [0.3, 0.4) is 0 Å². The normalized spacial score (nSPS) is 12.8. The van der Waals surface area contributed by atoms with Crippen molar-refractivity contribution in [3.8, 4) is 0 Å². The molecule has 1 nitrogen and oxygen atoms in total. The van der Waals surface area contributed by atoms with Crippen LogP contribution < -0.4 is 0 Å². The van der Waals surface area contributed by atoms with Crippen LogP contribution in [-0.4, -0.2) is 5.78 Å². The summed E-state index contributed by atoms with van der Waals surface area (Å²) in [6.45, 7) is 6.31. The molecule has 1 aromatic rings. The highest BCUT2D eigenvalue weighted by Crippen LogP contribution is 2.29. The zero-order valence-corrected chi connectivity index (χ0v) is 12.6. The zero-order valence-electron chi connectivity index (χ0n) is 10.2. The lowest BCUT2D eigenvalue weighted by molar-refractivity contribution is 0.0912. The third-order valence-corrected chi connectivity index (χ3v) is 5.02. The van der Waals surface area contributed by atoms with Gasteiger partial charge in [-0.2, -0.15) is 0 Å². The summed E-state index contributed by atoms with van der Waals surface area (Å²) < 4.78 is 1.06. The van der Waals surface area contributed by atoms with Gasteiger partial charge in [0.2, 0.25) is 0 Å². The third-order valence-electron chi connectivity index (χ3n) is 2.87. The smallest absolute Gasteiger partial charge is 0.175 e. The van der Waals surface area contributed by atoms with E-state index >= 15 is 0 Å². The van der Waals surface area contributed by atoms with E-state index in [1.807, 2.05) is 13.0 Å². The Labute approximate surface area is 110 Å². The molecule has 3 heteroatoms. The first-order valence-corrected chi connectivity index (χ1v) is 7.51. The fourth-order valence-corrected chi connectivity index (χ4v) is 3.31. The van der Waals surface area contributed by atoms with E-state index in [1.165, 1.54) is 4.88 Å². The quantitative estimate of drug-likeness (QED) is 0.659. The maximum Gasteiger partial charge on any atom is 0.175 e. The third kappa shape index (κ3) is 3.42. The fraction of sp³-hybridized carbons (Fsp3) is 0.615. The Morgan fingerprint density at radius 3 is 2.62 bits per heavy atom. The van der Waals surface area contributed by atoms with E-state index in [4.69, 9.17) is 0 Å². The van der Waals surface area contributed by atoms with Crippen molar-refractivity contribution in [1.82, 2.24) is 0 Å². The summed E-state index contributed by atoms with van der Waals surface area (Å²) in [6.07, 6.45) is 4.29. The summed E-state index contributed by atoms with van der Waals surface area (Å²) in [5.74, 6) is 0.541. The molecule has 1 rings (SSSR count). The number of ketones is 1. The van der Waals surface area contributed by atoms with Crippen LogP contribution in [0.2, 0.25) is 0 Å². The molecule has 0 radical (unpaired) electrons. The fourth-order valence-electron chi connectivity index (χ4n) is 1.75. The number of unbranched alkanes of at least 4 members (excludes halogenated alkanes) is 1. The molecule has 0 fully saturated rings. The van der Waals surface area contributed by atoms with Crippen molar-refractivity contribution in [2.75, 3.05) is 0 Å². The van der Waals surface area contributed by atoms with Gasteiger partial charge in [0.05, 0.1) is 4.88 Å². The molecular weight excluding hydrogens is 284 g/mol. The van der Waals surface area contributed by atoms with Crippen molar-refractivity contribution in [3.05, 3.63) is 20.3 Å². The van der Waals surface area contributed by atoms with Crippen molar-refractivity contribution in [3.63, 3.8) is 0 Å². The molecule has 0 aromatic carbocycles. The summed E-state index contributed by atoms with van der Waals surface area (Å²) in [7, 11) is 0. The highest BCUT2D eigenvalue weighted by atomic mass is 79.9. The van der Waals surface area contributed by atoms with Gasteiger partial charge in [0, 0.05) is 15.3 Å². The number of Topliss-reactive ketones (excluding diaryl/α,β-unsaturated/α-hetero) is 1. The molecule has 1 unspecified atom stereocenters. The van der Waals surface area contributed by atoms with E-state index in [0.29, 0.717) is 5.78 Å². The average molecular weight is 303 g/mol. The van der Waals surface area contributed by atoms with Gasteiger partial charge in [-0.1, -0.05) is 26.7 Å². The first-order chi connectivity index (χ1) is 7.60. The number of rotatable bonds is 6. The van der Waals surface area contributed by atoms with Crippen molar-refractivity contribution in [2.45, 2.75) is 46.5 Å². The van der Waals surface area contributed by atoms with Crippen molar-refractivity contribution >= 4 is 33.0 Å². The second-order valence-corrected chi connectivity index (χ2v) is 6.24. The van der Waals surface area contributed by atoms with Gasteiger partial charge in [0.1, 0.15) is 0 Å². The molecule has 1 heterocycles. The van der Waals surface area contributed by atoms with E-state index in [0.717, 1.165) is 35.0 Å². The van der Waals surface area contributed by atoms with E-state index in [-0.39, 0.29) is 5.92 Å². The average Bonchev–Trinajstić information content (AvgIpc) is 2.60. The van der Waals surface area contributed by atoms with Gasteiger partial charge in [0.15, 0.2) is 5.78 Å². The lowest BCUT2D eigenvalue weighted by Gasteiger charge is -2.11. The SMILES string of the molecule is CCCCC(CC)C(=O)c1cc(Br)c(C)s1. The first kappa shape index (κ1) is 13.9. The number of carbonyl (C=O) groups is 1. The summed E-state index contributed by atoms with van der Waals surface area (Å²) in [5.41, 5.74) is 0. The van der Waals surface area contributed by atoms with Gasteiger partial charge >= 0.3 is 0 Å². The monoisotopic (exact) mass is 302 g/mol. The Bertz CT molecular complexity index is 337. The summed E-state index contributed by atoms with van der Waals surface area (Å²) in [6, 6.07) is 1.97. The Kier molecular flexibility index (Phi) is 5.70. The van der Waals surface area contributed by atoms with E-state index in [2.05, 4.69) is 29.8 Å². The topological polar surface area (TPSA) is 17.1 Å². The van der Waals surface area contributed by atoms with Gasteiger partial charge in [-0.3, -0.25) is 4.79 Å². The summed E-state index contributed by atoms with van der Waals surface area (Å²) in [4.78, 5) is 14.3. The van der Waals surface area contributed by atoms with E-state index in [1.54, 1.807) is 11.3 Å². The molecule has 90 valence electrons. The molecule has 0 aliphatic heterocycles. The maximum absolute atomic E-state index is 12.2. The summed E-state index contributed by atoms with van der Waals surface area (Å²) >= 11 is 5.07. The number of thiophene rings is 1. The highest BCUT2D eigenvalue weighted by Gasteiger charge is 2.20. The lowest BCUT2D eigenvalue weighted by atomic mass is 9.94. The van der Waals surface area contributed by atoms with Gasteiger partial charge in [-0.05, 0) is 41.8 Å². The molecule has 0 N–H and O–H groups in total. The number of hydrogen-bond acceptors (Lipinski definition) is 2. The highest BCUT2D eigenvalue weighted by molar-refractivity contribution is 9.10.